The molecule has 4 bridgehead atoms. The Labute approximate surface area is 689 Å². The lowest BCUT2D eigenvalue weighted by molar-refractivity contribution is -0.0433. The Morgan fingerprint density at radius 3 is 0.424 bits per heavy atom. The molecule has 0 aromatic heterocycles. The maximum atomic E-state index is 11.4. The zero-order valence-corrected chi connectivity index (χ0v) is 75.6. The maximum absolute atomic E-state index is 11.4. The Bertz CT molecular complexity index is 3010. The van der Waals surface area contributed by atoms with Gasteiger partial charge in [0.15, 0.2) is 70.2 Å². The number of fused-ring (bicyclic) bond motifs is 4. The third-order valence-corrected chi connectivity index (χ3v) is 21.5. The maximum Gasteiger partial charge on any atom is 0.480 e. The van der Waals surface area contributed by atoms with E-state index in [9.17, 15) is 151 Å². The normalized spacial score (nSPS) is 17.1. The molecule has 0 atom stereocenters. The molecule has 0 unspecified atom stereocenters. The number of benzene rings is 2. The molecule has 1 N–H and O–H groups in total. The fraction of sp³-hybridized carbons (Fsp3) is 0.824. The highest BCUT2D eigenvalue weighted by molar-refractivity contribution is 7.96. The van der Waals surface area contributed by atoms with Crippen LogP contribution >= 0.6 is 0 Å². The van der Waals surface area contributed by atoms with Crippen molar-refractivity contribution < 1.29 is 156 Å². The minimum absolute atomic E-state index is 0.387. The van der Waals surface area contributed by atoms with Crippen LogP contribution in [0.25, 0.3) is 33.1 Å². The highest BCUT2D eigenvalue weighted by Gasteiger charge is 2.42. The average Bonchev–Trinajstić information content (AvgIpc) is 1.96. The zero-order valence-electron chi connectivity index (χ0n) is 69.9. The third kappa shape index (κ3) is 73.8. The highest BCUT2D eigenvalue weighted by Crippen LogP contribution is 2.45. The van der Waals surface area contributed by atoms with Crippen molar-refractivity contribution in [2.45, 2.75) is 284 Å². The lowest BCUT2D eigenvalue weighted by atomic mass is 10.0. The summed E-state index contributed by atoms with van der Waals surface area (Å²) in [4.78, 5) is 0. The summed E-state index contributed by atoms with van der Waals surface area (Å²) >= 11 is 0. The summed E-state index contributed by atoms with van der Waals surface area (Å²) in [6.07, 6.45) is 33.6. The first kappa shape index (κ1) is 138. The molecule has 6 aliphatic carbocycles. The van der Waals surface area contributed by atoms with Crippen molar-refractivity contribution in [1.82, 2.24) is 0 Å². The molecule has 0 spiro atoms. The predicted octanol–water partition coefficient (Wildman–Crippen LogP) is 25.0. The summed E-state index contributed by atoms with van der Waals surface area (Å²) in [6, 6.07) is 24.0. The summed E-state index contributed by atoms with van der Waals surface area (Å²) in [5.74, 6) is 4.69. The van der Waals surface area contributed by atoms with Gasteiger partial charge in [-0.15, -0.1) is 26.2 Å². The predicted molar refractivity (Wildman–Crippen MR) is 426 cm³/mol. The van der Waals surface area contributed by atoms with E-state index in [2.05, 4.69) is 33.1 Å². The molecule has 118 heavy (non-hydrogen) atoms. The summed E-state index contributed by atoms with van der Waals surface area (Å²) in [5, 5.41) is 7.97. The first-order valence-corrected chi connectivity index (χ1v) is 47.5. The van der Waals surface area contributed by atoms with E-state index in [-0.39, 0.29) is 19.6 Å². The average molecular weight is 1900 g/mol. The molecule has 6 saturated carbocycles. The molecule has 0 radical (unpaired) electrons. The molecule has 8 rings (SSSR count). The topological polar surface area (TPSA) is 358 Å². The fourth-order valence-electron chi connectivity index (χ4n) is 8.51. The van der Waals surface area contributed by atoms with Crippen molar-refractivity contribution in [3.05, 3.63) is 106 Å². The molecule has 0 aliphatic heterocycles. The number of hydrogen-bond acceptors (Lipinski definition) is 15. The first-order chi connectivity index (χ1) is 54.1. The smallest absolute Gasteiger partial charge is 0.480 e. The van der Waals surface area contributed by atoms with Crippen LogP contribution in [0.2, 0.25) is 0 Å². The Morgan fingerprint density at radius 1 is 0.246 bits per heavy atom. The van der Waals surface area contributed by atoms with Crippen LogP contribution in [-0.4, -0.2) is 157 Å². The van der Waals surface area contributed by atoms with Crippen LogP contribution < -0.4 is 0 Å². The second-order valence-electron chi connectivity index (χ2n) is 21.7. The molecule has 0 heterocycles. The van der Waals surface area contributed by atoms with E-state index in [1.54, 1.807) is 64.2 Å². The number of alkyl halides is 21. The molecular weight excluding hydrogens is 1780 g/mol. The number of hydrogen-bond donors (Lipinski definition) is 1. The van der Waals surface area contributed by atoms with Crippen LogP contribution in [0, 0.1) is 23.7 Å². The summed E-state index contributed by atoms with van der Waals surface area (Å²) in [5.41, 5.74) is -36.8. The van der Waals surface area contributed by atoms with Crippen LogP contribution in [0.3, 0.4) is 0 Å². The van der Waals surface area contributed by atoms with Crippen molar-refractivity contribution in [3.8, 4) is 0 Å². The monoisotopic (exact) mass is 1900 g/mol. The lowest BCUT2D eigenvalue weighted by Crippen LogP contribution is -2.22. The summed E-state index contributed by atoms with van der Waals surface area (Å²) < 4.78 is 391. The zero-order chi connectivity index (χ0) is 95.8. The van der Waals surface area contributed by atoms with Gasteiger partial charge in [-0.05, 0) is 36.5 Å². The highest BCUT2D eigenvalue weighted by atomic mass is 32.2. The minimum Gasteiger partial charge on any atom is -0.544 e. The fourth-order valence-corrected chi connectivity index (χ4v) is 11.1. The molecule has 22 nitrogen and oxygen atoms in total. The van der Waals surface area contributed by atoms with Crippen LogP contribution in [0.15, 0.2) is 72.8 Å². The summed E-state index contributed by atoms with van der Waals surface area (Å²) in [7, 11) is -35.0. The Balaban J connectivity index is -0.000000116. The molecular formula is C68H125F21N7O15S7-7. The van der Waals surface area contributed by atoms with Crippen molar-refractivity contribution in [2.24, 2.45) is 23.7 Å². The molecule has 2 aromatic rings. The van der Waals surface area contributed by atoms with E-state index in [1.807, 2.05) is 156 Å². The standard InChI is InChI=1S/2C7H12.2C6H12.2C6H6.C3H5F3NO3S.3C3H5F3NO2S.3C2H3F3NO2S.6C2H6/c2*1-2-7-4-3-6(1)5-7;4*1-2-4-6-5-3-1;4-3(5,6)11(9,10)7-1-2-8;3*1-2-7-10(8,9)3(4,5)6;3*1-6-9(7,8)2(3,4)5;6*1-2/h2*6-7H,1-5H2;2*1-6H2;2*1-6H;8H,1-2H2;3*2H2,1H3;3*1H3;6*1-2H3/q;;;;;;7*-1;;;;;;. The van der Waals surface area contributed by atoms with Gasteiger partial charge in [0, 0.05) is 6.61 Å². The van der Waals surface area contributed by atoms with Gasteiger partial charge in [0.2, 0.25) is 0 Å². The molecule has 718 valence electrons. The van der Waals surface area contributed by atoms with Gasteiger partial charge in [0.1, 0.15) is 0 Å². The molecule has 0 amide bonds. The largest absolute Gasteiger partial charge is 0.544 e. The van der Waals surface area contributed by atoms with E-state index in [4.69, 9.17) is 5.11 Å². The SMILES string of the molecule is C1CC2CCC1C2.C1CC2CCC1C2.C1CCCCC1.C1CCCCC1.CC.CC.CC.CC.CC.CC.CC[N-]S(=O)(=O)C(F)(F)F.CC[N-]S(=O)(=O)C(F)(F)F.CC[N-]S(=O)(=O)C(F)(F)F.C[N-]S(=O)(=O)C(F)(F)F.C[N-]S(=O)(=O)C(F)(F)F.C[N-]S(=O)(=O)C(F)(F)F.O=S(=O)([N-]CCO)C(F)(F)F.c1ccccc1.c1ccccc1. The Hall–Kier alpha value is -3.70. The molecule has 6 fully saturated rings. The van der Waals surface area contributed by atoms with Gasteiger partial charge in [-0.1, -0.05) is 305 Å². The van der Waals surface area contributed by atoms with Crippen molar-refractivity contribution in [1.29, 1.82) is 0 Å². The van der Waals surface area contributed by atoms with Crippen LogP contribution in [-0.2, 0) is 70.2 Å². The van der Waals surface area contributed by atoms with Gasteiger partial charge in [0.25, 0.3) is 0 Å². The van der Waals surface area contributed by atoms with Crippen LogP contribution in [0.4, 0.5) is 92.2 Å². The molecule has 6 aliphatic rings. The van der Waals surface area contributed by atoms with Gasteiger partial charge < -0.3 is 38.2 Å². The molecule has 0 saturated heterocycles. The van der Waals surface area contributed by atoms with Crippen molar-refractivity contribution >= 4 is 70.2 Å². The van der Waals surface area contributed by atoms with E-state index in [1.165, 1.54) is 121 Å². The Morgan fingerprint density at radius 2 is 0.364 bits per heavy atom. The first-order valence-electron chi connectivity index (χ1n) is 37.5. The van der Waals surface area contributed by atoms with Crippen LogP contribution in [0.5, 0.6) is 0 Å². The molecule has 2 aromatic carbocycles. The van der Waals surface area contributed by atoms with Gasteiger partial charge in [0.05, 0.1) is 0 Å². The molecule has 50 heteroatoms. The van der Waals surface area contributed by atoms with E-state index >= 15 is 0 Å². The number of aliphatic hydroxyl groups is 1. The van der Waals surface area contributed by atoms with Crippen LogP contribution in [0.1, 0.15) is 245 Å². The van der Waals surface area contributed by atoms with Gasteiger partial charge in [-0.25, -0.2) is 58.9 Å². The van der Waals surface area contributed by atoms with E-state index < -0.39 is 122 Å². The van der Waals surface area contributed by atoms with E-state index in [0.717, 1.165) is 0 Å². The minimum atomic E-state index is -5.39. The lowest BCUT2D eigenvalue weighted by Gasteiger charge is -2.19. The number of aliphatic hydroxyl groups excluding tert-OH is 1. The van der Waals surface area contributed by atoms with Crippen molar-refractivity contribution in [2.75, 3.05) is 53.9 Å². The number of sulfonamides is 7. The number of nitrogens with zero attached hydrogens (tertiary/aromatic N) is 7. The second kappa shape index (κ2) is 74.7. The van der Waals surface area contributed by atoms with Gasteiger partial charge >= 0.3 is 38.6 Å². The quantitative estimate of drug-likeness (QED) is 0.193. The summed E-state index contributed by atoms with van der Waals surface area (Å²) in [6.45, 7) is 25.0. The van der Waals surface area contributed by atoms with Gasteiger partial charge in [-0.2, -0.15) is 113 Å². The van der Waals surface area contributed by atoms with E-state index in [0.29, 0.717) is 21.1 Å². The van der Waals surface area contributed by atoms with Crippen molar-refractivity contribution in [3.63, 3.8) is 0 Å². The third-order valence-electron chi connectivity index (χ3n) is 13.6. The second-order valence-corrected chi connectivity index (χ2v) is 33.7. The van der Waals surface area contributed by atoms with Gasteiger partial charge in [-0.3, -0.25) is 0 Å². The Kier molecular flexibility index (Phi) is 87.0. The number of rotatable bonds is 12. The number of halogens is 21.